The monoisotopic (exact) mass is 311 g/mol. The Hall–Kier alpha value is -1.47. The summed E-state index contributed by atoms with van der Waals surface area (Å²) in [5.41, 5.74) is 7.39. The predicted molar refractivity (Wildman–Crippen MR) is 71.8 cm³/mol. The lowest BCUT2D eigenvalue weighted by Crippen LogP contribution is -2.16. The van der Waals surface area contributed by atoms with Crippen molar-refractivity contribution in [3.8, 4) is 11.4 Å². The third-order valence-electron chi connectivity index (χ3n) is 2.62. The lowest BCUT2D eigenvalue weighted by atomic mass is 10.2. The summed E-state index contributed by atoms with van der Waals surface area (Å²) in [5, 5.41) is 11.7. The van der Waals surface area contributed by atoms with E-state index >= 15 is 0 Å². The van der Waals surface area contributed by atoms with Crippen molar-refractivity contribution < 1.29 is 4.74 Å². The van der Waals surface area contributed by atoms with Crippen molar-refractivity contribution >= 4 is 21.6 Å². The molecule has 1 aromatic carbocycles. The second kappa shape index (κ2) is 5.45. The number of nitrogens with zero attached hydrogens (tertiary/aromatic N) is 4. The van der Waals surface area contributed by atoms with Gasteiger partial charge < -0.3 is 10.5 Å². The Balaban J connectivity index is 2.33. The number of nitrogens with two attached hydrogens (primary N) is 1. The number of tetrazole rings is 1. The smallest absolute Gasteiger partial charge is 0.182 e. The first-order valence-electron chi connectivity index (χ1n) is 5.46. The molecule has 0 amide bonds. The Bertz CT molecular complexity index is 542. The van der Waals surface area contributed by atoms with E-state index in [1.54, 1.807) is 11.8 Å². The van der Waals surface area contributed by atoms with Crippen LogP contribution in [0, 0.1) is 0 Å². The number of benzene rings is 1. The first kappa shape index (κ1) is 13.0. The summed E-state index contributed by atoms with van der Waals surface area (Å²) in [4.78, 5) is 0. The van der Waals surface area contributed by atoms with Gasteiger partial charge in [0, 0.05) is 22.8 Å². The van der Waals surface area contributed by atoms with Crippen molar-refractivity contribution in [1.29, 1.82) is 0 Å². The SMILES string of the molecule is COC(C)Cn1nnnc1-c1ccc(Br)c(N)c1. The molecule has 2 rings (SSSR count). The number of rotatable bonds is 4. The lowest BCUT2D eigenvalue weighted by Gasteiger charge is -2.10. The van der Waals surface area contributed by atoms with Gasteiger partial charge in [0.25, 0.3) is 0 Å². The minimum absolute atomic E-state index is 0.0417. The van der Waals surface area contributed by atoms with Gasteiger partial charge in [-0.25, -0.2) is 4.68 Å². The van der Waals surface area contributed by atoms with Crippen LogP contribution < -0.4 is 5.73 Å². The molecule has 1 heterocycles. The number of hydrogen-bond donors (Lipinski definition) is 1. The molecule has 1 unspecified atom stereocenters. The predicted octanol–water partition coefficient (Wildman–Crippen LogP) is 1.72. The van der Waals surface area contributed by atoms with Gasteiger partial charge in [-0.3, -0.25) is 0 Å². The summed E-state index contributed by atoms with van der Waals surface area (Å²) >= 11 is 3.36. The van der Waals surface area contributed by atoms with Crippen LogP contribution in [0.15, 0.2) is 22.7 Å². The van der Waals surface area contributed by atoms with Crippen LogP contribution in [0.3, 0.4) is 0 Å². The first-order valence-corrected chi connectivity index (χ1v) is 6.25. The zero-order valence-electron chi connectivity index (χ0n) is 10.2. The summed E-state index contributed by atoms with van der Waals surface area (Å²) < 4.78 is 7.77. The zero-order valence-corrected chi connectivity index (χ0v) is 11.8. The van der Waals surface area contributed by atoms with E-state index in [0.29, 0.717) is 18.1 Å². The van der Waals surface area contributed by atoms with Crippen LogP contribution in [0.5, 0.6) is 0 Å². The van der Waals surface area contributed by atoms with Crippen LogP contribution in [0.2, 0.25) is 0 Å². The molecule has 1 aromatic heterocycles. The maximum atomic E-state index is 5.85. The normalized spacial score (nSPS) is 12.6. The summed E-state index contributed by atoms with van der Waals surface area (Å²) in [6.07, 6.45) is 0.0417. The van der Waals surface area contributed by atoms with E-state index in [2.05, 4.69) is 31.5 Å². The molecule has 6 nitrogen and oxygen atoms in total. The molecule has 96 valence electrons. The van der Waals surface area contributed by atoms with E-state index < -0.39 is 0 Å². The van der Waals surface area contributed by atoms with Gasteiger partial charge in [0.15, 0.2) is 5.82 Å². The van der Waals surface area contributed by atoms with E-state index in [0.717, 1.165) is 10.0 Å². The summed E-state index contributed by atoms with van der Waals surface area (Å²) in [5.74, 6) is 0.679. The molecule has 0 saturated heterocycles. The zero-order chi connectivity index (χ0) is 13.1. The molecular weight excluding hydrogens is 298 g/mol. The van der Waals surface area contributed by atoms with Gasteiger partial charge in [0.05, 0.1) is 12.6 Å². The van der Waals surface area contributed by atoms with Gasteiger partial charge >= 0.3 is 0 Å². The second-order valence-corrected chi connectivity index (χ2v) is 4.82. The Labute approximate surface area is 113 Å². The molecule has 1 atom stereocenters. The molecule has 2 aromatic rings. The van der Waals surface area contributed by atoms with Crippen LogP contribution in [0.1, 0.15) is 6.92 Å². The van der Waals surface area contributed by atoms with Crippen LogP contribution in [-0.2, 0) is 11.3 Å². The average molecular weight is 312 g/mol. The number of aromatic nitrogens is 4. The van der Waals surface area contributed by atoms with E-state index in [-0.39, 0.29) is 6.10 Å². The maximum Gasteiger partial charge on any atom is 0.182 e. The quantitative estimate of drug-likeness (QED) is 0.870. The molecular formula is C11H14BrN5O. The molecule has 0 aliphatic rings. The van der Waals surface area contributed by atoms with Crippen molar-refractivity contribution in [2.24, 2.45) is 0 Å². The molecule has 0 aliphatic heterocycles. The van der Waals surface area contributed by atoms with Gasteiger partial charge in [-0.1, -0.05) is 0 Å². The van der Waals surface area contributed by atoms with Crippen molar-refractivity contribution in [3.63, 3.8) is 0 Å². The fourth-order valence-electron chi connectivity index (χ4n) is 1.54. The van der Waals surface area contributed by atoms with Crippen LogP contribution in [0.25, 0.3) is 11.4 Å². The Morgan fingerprint density at radius 3 is 2.94 bits per heavy atom. The highest BCUT2D eigenvalue weighted by atomic mass is 79.9. The van der Waals surface area contributed by atoms with Crippen molar-refractivity contribution in [2.75, 3.05) is 12.8 Å². The van der Waals surface area contributed by atoms with Crippen LogP contribution >= 0.6 is 15.9 Å². The topological polar surface area (TPSA) is 78.8 Å². The van der Waals surface area contributed by atoms with E-state index in [1.165, 1.54) is 0 Å². The molecule has 0 aliphatic carbocycles. The number of anilines is 1. The van der Waals surface area contributed by atoms with Gasteiger partial charge in [-0.05, 0) is 51.5 Å². The Morgan fingerprint density at radius 1 is 1.50 bits per heavy atom. The number of methoxy groups -OCH3 is 1. The minimum atomic E-state index is 0.0417. The fraction of sp³-hybridized carbons (Fsp3) is 0.364. The number of nitrogen functional groups attached to an aromatic ring is 1. The third-order valence-corrected chi connectivity index (χ3v) is 3.34. The van der Waals surface area contributed by atoms with Gasteiger partial charge in [-0.2, -0.15) is 0 Å². The van der Waals surface area contributed by atoms with Gasteiger partial charge in [-0.15, -0.1) is 5.10 Å². The average Bonchev–Trinajstić information content (AvgIpc) is 2.80. The number of ether oxygens (including phenoxy) is 1. The van der Waals surface area contributed by atoms with Crippen molar-refractivity contribution in [1.82, 2.24) is 20.2 Å². The largest absolute Gasteiger partial charge is 0.398 e. The standard InChI is InChI=1S/C11H14BrN5O/c1-7(18-2)6-17-11(14-15-16-17)8-3-4-9(12)10(13)5-8/h3-5,7H,6,13H2,1-2H3. The molecule has 2 N–H and O–H groups in total. The third kappa shape index (κ3) is 2.68. The molecule has 0 radical (unpaired) electrons. The van der Waals surface area contributed by atoms with E-state index in [1.807, 2.05) is 25.1 Å². The Kier molecular flexibility index (Phi) is 3.93. The molecule has 0 bridgehead atoms. The van der Waals surface area contributed by atoms with Crippen LogP contribution in [0.4, 0.5) is 5.69 Å². The number of hydrogen-bond acceptors (Lipinski definition) is 5. The lowest BCUT2D eigenvalue weighted by molar-refractivity contribution is 0.0997. The number of halogens is 1. The van der Waals surface area contributed by atoms with Gasteiger partial charge in [0.1, 0.15) is 0 Å². The first-order chi connectivity index (χ1) is 8.61. The molecule has 0 fully saturated rings. The van der Waals surface area contributed by atoms with Gasteiger partial charge in [0.2, 0.25) is 0 Å². The molecule has 0 saturated carbocycles. The Morgan fingerprint density at radius 2 is 2.28 bits per heavy atom. The highest BCUT2D eigenvalue weighted by Crippen LogP contribution is 2.25. The molecule has 7 heteroatoms. The summed E-state index contributed by atoms with van der Waals surface area (Å²) in [6, 6.07) is 5.63. The highest BCUT2D eigenvalue weighted by Gasteiger charge is 2.12. The summed E-state index contributed by atoms with van der Waals surface area (Å²) in [7, 11) is 1.66. The van der Waals surface area contributed by atoms with Crippen LogP contribution in [-0.4, -0.2) is 33.4 Å². The van der Waals surface area contributed by atoms with E-state index in [9.17, 15) is 0 Å². The summed E-state index contributed by atoms with van der Waals surface area (Å²) in [6.45, 7) is 2.55. The van der Waals surface area contributed by atoms with Crippen molar-refractivity contribution in [2.45, 2.75) is 19.6 Å². The van der Waals surface area contributed by atoms with Crippen molar-refractivity contribution in [3.05, 3.63) is 22.7 Å². The maximum absolute atomic E-state index is 5.85. The molecule has 18 heavy (non-hydrogen) atoms. The van der Waals surface area contributed by atoms with E-state index in [4.69, 9.17) is 10.5 Å². The fourth-order valence-corrected chi connectivity index (χ4v) is 1.78. The minimum Gasteiger partial charge on any atom is -0.398 e. The molecule has 0 spiro atoms. The second-order valence-electron chi connectivity index (χ2n) is 3.97. The highest BCUT2D eigenvalue weighted by molar-refractivity contribution is 9.10.